The van der Waals surface area contributed by atoms with Crippen molar-refractivity contribution >= 4 is 5.82 Å². The Balaban J connectivity index is 2.55. The van der Waals surface area contributed by atoms with Gasteiger partial charge in [0, 0.05) is 17.0 Å². The molecular formula is C14H21N5. The number of nitrogens with two attached hydrogens (primary N) is 1. The second kappa shape index (κ2) is 5.38. The molecule has 0 saturated heterocycles. The average molecular weight is 259 g/mol. The van der Waals surface area contributed by atoms with E-state index in [2.05, 4.69) is 28.9 Å². The van der Waals surface area contributed by atoms with Crippen molar-refractivity contribution in [2.75, 3.05) is 5.73 Å². The molecule has 2 N–H and O–H groups in total. The van der Waals surface area contributed by atoms with E-state index < -0.39 is 0 Å². The third kappa shape index (κ3) is 2.59. The molecule has 0 aliphatic heterocycles. The lowest BCUT2D eigenvalue weighted by Gasteiger charge is -2.04. The van der Waals surface area contributed by atoms with Crippen LogP contribution < -0.4 is 5.73 Å². The van der Waals surface area contributed by atoms with Crippen molar-refractivity contribution in [1.29, 1.82) is 0 Å². The van der Waals surface area contributed by atoms with Gasteiger partial charge in [-0.05, 0) is 32.8 Å². The summed E-state index contributed by atoms with van der Waals surface area (Å²) in [6.45, 7) is 8.14. The van der Waals surface area contributed by atoms with E-state index >= 15 is 0 Å². The summed E-state index contributed by atoms with van der Waals surface area (Å²) in [5.74, 6) is 1.23. The fraction of sp³-hybridized carbons (Fsp3) is 0.500. The minimum absolute atomic E-state index is 0.562. The van der Waals surface area contributed by atoms with Crippen LogP contribution in [0.15, 0.2) is 6.07 Å². The van der Waals surface area contributed by atoms with Crippen LogP contribution in [0.2, 0.25) is 0 Å². The number of hydrogen-bond acceptors (Lipinski definition) is 4. The summed E-state index contributed by atoms with van der Waals surface area (Å²) in [5, 5.41) is 4.59. The highest BCUT2D eigenvalue weighted by molar-refractivity contribution is 5.47. The molecule has 2 rings (SSSR count). The van der Waals surface area contributed by atoms with Gasteiger partial charge < -0.3 is 5.73 Å². The molecule has 0 bridgehead atoms. The maximum atomic E-state index is 6.20. The van der Waals surface area contributed by atoms with Crippen LogP contribution in [0.1, 0.15) is 42.9 Å². The average Bonchev–Trinajstić information content (AvgIpc) is 2.65. The zero-order chi connectivity index (χ0) is 14.0. The van der Waals surface area contributed by atoms with Crippen molar-refractivity contribution in [3.63, 3.8) is 0 Å². The predicted molar refractivity (Wildman–Crippen MR) is 76.4 cm³/mol. The smallest absolute Gasteiger partial charge is 0.252 e. The number of nitrogens with zero attached hydrogens (tertiary/aromatic N) is 4. The van der Waals surface area contributed by atoms with Crippen molar-refractivity contribution < 1.29 is 0 Å². The highest BCUT2D eigenvalue weighted by Crippen LogP contribution is 2.21. The molecule has 0 aliphatic rings. The Kier molecular flexibility index (Phi) is 3.83. The van der Waals surface area contributed by atoms with E-state index in [0.29, 0.717) is 11.8 Å². The van der Waals surface area contributed by atoms with Crippen molar-refractivity contribution in [3.05, 3.63) is 28.7 Å². The van der Waals surface area contributed by atoms with E-state index in [-0.39, 0.29) is 0 Å². The van der Waals surface area contributed by atoms with Crippen molar-refractivity contribution in [2.45, 2.75) is 47.0 Å². The van der Waals surface area contributed by atoms with Gasteiger partial charge in [0.25, 0.3) is 5.95 Å². The summed E-state index contributed by atoms with van der Waals surface area (Å²) in [4.78, 5) is 8.85. The molecule has 0 aromatic carbocycles. The summed E-state index contributed by atoms with van der Waals surface area (Å²) >= 11 is 0. The van der Waals surface area contributed by atoms with E-state index in [4.69, 9.17) is 5.73 Å². The maximum Gasteiger partial charge on any atom is 0.252 e. The van der Waals surface area contributed by atoms with Crippen LogP contribution in [-0.4, -0.2) is 19.7 Å². The van der Waals surface area contributed by atoms with Gasteiger partial charge in [-0.25, -0.2) is 9.97 Å². The molecule has 102 valence electrons. The van der Waals surface area contributed by atoms with Gasteiger partial charge in [0.15, 0.2) is 0 Å². The standard InChI is InChI=1S/C14H21N5/c1-5-7-12-11(6-2)13(15)19(18-12)14-16-9(3)8-10(4)17-14/h8H,5-7,15H2,1-4H3. The molecule has 0 amide bonds. The predicted octanol–water partition coefficient (Wildman–Crippen LogP) is 2.38. The SMILES string of the molecule is CCCc1nn(-c2nc(C)cc(C)n2)c(N)c1CC. The second-order valence-corrected chi connectivity index (χ2v) is 4.78. The first-order valence-corrected chi connectivity index (χ1v) is 6.75. The van der Waals surface area contributed by atoms with Crippen molar-refractivity contribution in [3.8, 4) is 5.95 Å². The molecule has 19 heavy (non-hydrogen) atoms. The summed E-state index contributed by atoms with van der Waals surface area (Å²) in [5.41, 5.74) is 10.2. The summed E-state index contributed by atoms with van der Waals surface area (Å²) in [6.07, 6.45) is 2.87. The number of aromatic nitrogens is 4. The highest BCUT2D eigenvalue weighted by Gasteiger charge is 2.16. The van der Waals surface area contributed by atoms with Crippen molar-refractivity contribution in [1.82, 2.24) is 19.7 Å². The minimum atomic E-state index is 0.562. The van der Waals surface area contributed by atoms with Gasteiger partial charge in [-0.2, -0.15) is 9.78 Å². The van der Waals surface area contributed by atoms with Crippen LogP contribution in [-0.2, 0) is 12.8 Å². The Morgan fingerprint density at radius 1 is 1.16 bits per heavy atom. The van der Waals surface area contributed by atoms with E-state index in [0.717, 1.165) is 41.9 Å². The van der Waals surface area contributed by atoms with Gasteiger partial charge in [0.2, 0.25) is 0 Å². The van der Waals surface area contributed by atoms with Gasteiger partial charge in [-0.3, -0.25) is 0 Å². The Hall–Kier alpha value is -1.91. The first-order chi connectivity index (χ1) is 9.06. The van der Waals surface area contributed by atoms with E-state index in [1.807, 2.05) is 19.9 Å². The third-order valence-corrected chi connectivity index (χ3v) is 3.11. The zero-order valence-corrected chi connectivity index (χ0v) is 12.1. The molecule has 2 aromatic heterocycles. The molecule has 0 atom stereocenters. The van der Waals surface area contributed by atoms with Gasteiger partial charge in [-0.15, -0.1) is 0 Å². The van der Waals surface area contributed by atoms with Gasteiger partial charge >= 0.3 is 0 Å². The molecule has 2 aromatic rings. The fourth-order valence-corrected chi connectivity index (χ4v) is 2.29. The highest BCUT2D eigenvalue weighted by atomic mass is 15.4. The molecule has 0 fully saturated rings. The van der Waals surface area contributed by atoms with Crippen LogP contribution in [0.3, 0.4) is 0 Å². The lowest BCUT2D eigenvalue weighted by atomic mass is 10.1. The van der Waals surface area contributed by atoms with Crippen LogP contribution >= 0.6 is 0 Å². The molecule has 5 heteroatoms. The number of hydrogen-bond donors (Lipinski definition) is 1. The topological polar surface area (TPSA) is 69.6 Å². The minimum Gasteiger partial charge on any atom is -0.383 e. The number of nitrogen functional groups attached to an aromatic ring is 1. The maximum absolute atomic E-state index is 6.20. The first-order valence-electron chi connectivity index (χ1n) is 6.75. The zero-order valence-electron chi connectivity index (χ0n) is 12.1. The van der Waals surface area contributed by atoms with Crippen LogP contribution in [0.25, 0.3) is 5.95 Å². The molecule has 0 aliphatic carbocycles. The molecule has 0 saturated carbocycles. The largest absolute Gasteiger partial charge is 0.383 e. The van der Waals surface area contributed by atoms with Gasteiger partial charge in [0.05, 0.1) is 5.69 Å². The molecule has 0 unspecified atom stereocenters. The lowest BCUT2D eigenvalue weighted by molar-refractivity contribution is 0.764. The molecule has 2 heterocycles. The quantitative estimate of drug-likeness (QED) is 0.915. The first kappa shape index (κ1) is 13.5. The Bertz CT molecular complexity index is 566. The van der Waals surface area contributed by atoms with Crippen LogP contribution in [0.4, 0.5) is 5.82 Å². The second-order valence-electron chi connectivity index (χ2n) is 4.78. The molecule has 5 nitrogen and oxygen atoms in total. The lowest BCUT2D eigenvalue weighted by Crippen LogP contribution is -2.08. The van der Waals surface area contributed by atoms with Crippen LogP contribution in [0.5, 0.6) is 0 Å². The van der Waals surface area contributed by atoms with E-state index in [9.17, 15) is 0 Å². The van der Waals surface area contributed by atoms with Gasteiger partial charge in [0.1, 0.15) is 5.82 Å². The number of rotatable bonds is 4. The summed E-state index contributed by atoms with van der Waals surface area (Å²) < 4.78 is 1.67. The molecular weight excluding hydrogens is 238 g/mol. The Morgan fingerprint density at radius 2 is 1.79 bits per heavy atom. The number of aryl methyl sites for hydroxylation is 3. The summed E-state index contributed by atoms with van der Waals surface area (Å²) in [6, 6.07) is 1.94. The van der Waals surface area contributed by atoms with E-state index in [1.165, 1.54) is 0 Å². The Morgan fingerprint density at radius 3 is 2.32 bits per heavy atom. The van der Waals surface area contributed by atoms with Gasteiger partial charge in [-0.1, -0.05) is 20.3 Å². The third-order valence-electron chi connectivity index (χ3n) is 3.11. The van der Waals surface area contributed by atoms with Crippen molar-refractivity contribution in [2.24, 2.45) is 0 Å². The van der Waals surface area contributed by atoms with E-state index in [1.54, 1.807) is 4.68 Å². The molecule has 0 radical (unpaired) electrons. The van der Waals surface area contributed by atoms with Crippen LogP contribution in [0, 0.1) is 13.8 Å². The number of anilines is 1. The Labute approximate surface area is 113 Å². The summed E-state index contributed by atoms with van der Waals surface area (Å²) in [7, 11) is 0. The fourth-order valence-electron chi connectivity index (χ4n) is 2.29. The monoisotopic (exact) mass is 259 g/mol. The normalized spacial score (nSPS) is 10.9. The molecule has 0 spiro atoms.